The highest BCUT2D eigenvalue weighted by molar-refractivity contribution is 6.28. The molecule has 0 unspecified atom stereocenters. The topological polar surface area (TPSA) is 98.3 Å². The lowest BCUT2D eigenvalue weighted by Gasteiger charge is -2.08. The molecule has 2 aromatic rings. The summed E-state index contributed by atoms with van der Waals surface area (Å²) in [6.07, 6.45) is 0.0352. The average molecular weight is 266 g/mol. The van der Waals surface area contributed by atoms with Gasteiger partial charge < -0.3 is 15.6 Å². The molecule has 0 aliphatic carbocycles. The summed E-state index contributed by atoms with van der Waals surface area (Å²) in [6.45, 7) is 0. The predicted molar refractivity (Wildman–Crippen MR) is 65.5 cm³/mol. The normalized spacial score (nSPS) is 10.1. The van der Waals surface area contributed by atoms with Crippen LogP contribution in [0.4, 0.5) is 10.5 Å². The van der Waals surface area contributed by atoms with E-state index in [0.29, 0.717) is 16.9 Å². The molecular formula is C11H8ClN3O3. The van der Waals surface area contributed by atoms with Crippen LogP contribution in [0, 0.1) is 0 Å². The Morgan fingerprint density at radius 1 is 1.39 bits per heavy atom. The van der Waals surface area contributed by atoms with Crippen molar-refractivity contribution in [3.8, 4) is 17.0 Å². The van der Waals surface area contributed by atoms with Crippen molar-refractivity contribution in [2.45, 2.75) is 0 Å². The minimum Gasteiger partial charge on any atom is -0.449 e. The highest BCUT2D eigenvalue weighted by atomic mass is 35.5. The van der Waals surface area contributed by atoms with Crippen LogP contribution in [-0.2, 0) is 0 Å². The van der Waals surface area contributed by atoms with E-state index in [0.717, 1.165) is 0 Å². The van der Waals surface area contributed by atoms with Crippen LogP contribution in [0.1, 0.15) is 0 Å². The monoisotopic (exact) mass is 265 g/mol. The molecule has 1 aromatic heterocycles. The van der Waals surface area contributed by atoms with Gasteiger partial charge in [0.15, 0.2) is 0 Å². The second kappa shape index (κ2) is 4.89. The number of hydrogen-bond acceptors (Lipinski definition) is 5. The number of rotatable bonds is 2. The zero-order chi connectivity index (χ0) is 13.1. The molecule has 0 aliphatic rings. The lowest BCUT2D eigenvalue weighted by Crippen LogP contribution is -2.05. The summed E-state index contributed by atoms with van der Waals surface area (Å²) in [5, 5.41) is 8.72. The Kier molecular flexibility index (Phi) is 3.29. The molecule has 18 heavy (non-hydrogen) atoms. The summed E-state index contributed by atoms with van der Waals surface area (Å²) in [5.74, 6) is 0.0947. The quantitative estimate of drug-likeness (QED) is 0.374. The number of halogens is 1. The van der Waals surface area contributed by atoms with Gasteiger partial charge in [0.2, 0.25) is 5.28 Å². The summed E-state index contributed by atoms with van der Waals surface area (Å²) in [6, 6.07) is 6.21. The van der Waals surface area contributed by atoms with Gasteiger partial charge in [-0.3, -0.25) is 0 Å². The number of nitrogens with two attached hydrogens (primary N) is 1. The lowest BCUT2D eigenvalue weighted by atomic mass is 10.1. The Morgan fingerprint density at radius 2 is 2.17 bits per heavy atom. The maximum absolute atomic E-state index is 10.6. The van der Waals surface area contributed by atoms with Gasteiger partial charge in [0.1, 0.15) is 5.75 Å². The first-order valence-corrected chi connectivity index (χ1v) is 5.23. The van der Waals surface area contributed by atoms with Gasteiger partial charge in [0.25, 0.3) is 0 Å². The maximum atomic E-state index is 10.6. The van der Waals surface area contributed by atoms with E-state index in [9.17, 15) is 4.79 Å². The minimum atomic E-state index is -1.43. The summed E-state index contributed by atoms with van der Waals surface area (Å²) < 4.78 is 4.65. The molecular weight excluding hydrogens is 258 g/mol. The van der Waals surface area contributed by atoms with Crippen molar-refractivity contribution in [1.82, 2.24) is 9.97 Å². The predicted octanol–water partition coefficient (Wildman–Crippen LogP) is 2.44. The van der Waals surface area contributed by atoms with E-state index < -0.39 is 6.16 Å². The third-order valence-electron chi connectivity index (χ3n) is 2.11. The third kappa shape index (κ3) is 2.67. The number of hydrogen-bond donors (Lipinski definition) is 2. The van der Waals surface area contributed by atoms with Gasteiger partial charge in [0, 0.05) is 23.5 Å². The Hall–Kier alpha value is -2.34. The van der Waals surface area contributed by atoms with Gasteiger partial charge in [-0.25, -0.2) is 14.8 Å². The molecule has 0 spiro atoms. The van der Waals surface area contributed by atoms with Gasteiger partial charge in [-0.15, -0.1) is 0 Å². The lowest BCUT2D eigenvalue weighted by molar-refractivity contribution is 0.144. The van der Waals surface area contributed by atoms with Crippen molar-refractivity contribution in [3.63, 3.8) is 0 Å². The molecule has 0 radical (unpaired) electrons. The molecule has 0 saturated heterocycles. The first kappa shape index (κ1) is 12.1. The Bertz CT molecular complexity index is 604. The van der Waals surface area contributed by atoms with Crippen molar-refractivity contribution in [3.05, 3.63) is 35.7 Å². The van der Waals surface area contributed by atoms with E-state index in [2.05, 4.69) is 14.7 Å². The number of nitrogen functional groups attached to an aromatic ring is 1. The van der Waals surface area contributed by atoms with Crippen LogP contribution in [0.2, 0.25) is 5.28 Å². The number of nitrogens with zero attached hydrogens (tertiary/aromatic N) is 2. The smallest absolute Gasteiger partial charge is 0.449 e. The molecule has 1 heterocycles. The molecule has 2 rings (SSSR count). The summed E-state index contributed by atoms with van der Waals surface area (Å²) in [7, 11) is 0. The van der Waals surface area contributed by atoms with Gasteiger partial charge in [-0.2, -0.15) is 0 Å². The van der Waals surface area contributed by atoms with E-state index in [-0.39, 0.29) is 11.0 Å². The molecule has 0 atom stereocenters. The fraction of sp³-hybridized carbons (Fsp3) is 0. The van der Waals surface area contributed by atoms with Crippen molar-refractivity contribution < 1.29 is 14.6 Å². The van der Waals surface area contributed by atoms with Crippen LogP contribution in [0.15, 0.2) is 30.5 Å². The van der Waals surface area contributed by atoms with E-state index >= 15 is 0 Å². The number of aromatic nitrogens is 2. The molecule has 0 amide bonds. The highest BCUT2D eigenvalue weighted by Gasteiger charge is 2.12. The molecule has 7 heteroatoms. The summed E-state index contributed by atoms with van der Waals surface area (Å²) in [5.41, 5.74) is 6.88. The van der Waals surface area contributed by atoms with E-state index in [1.165, 1.54) is 12.3 Å². The molecule has 1 aromatic carbocycles. The van der Waals surface area contributed by atoms with Crippen LogP contribution in [0.5, 0.6) is 5.75 Å². The van der Waals surface area contributed by atoms with E-state index in [1.807, 2.05) is 0 Å². The standard InChI is InChI=1S/C11H8ClN3O3/c12-10-14-4-3-8(15-10)7-2-1-6(13)5-9(7)18-11(16)17/h1-5H,13H2,(H,16,17). The van der Waals surface area contributed by atoms with Crippen LogP contribution in [0.3, 0.4) is 0 Å². The van der Waals surface area contributed by atoms with Crippen molar-refractivity contribution >= 4 is 23.4 Å². The SMILES string of the molecule is Nc1ccc(-c2ccnc(Cl)n2)c(OC(=O)O)c1. The second-order valence-corrected chi connectivity index (χ2v) is 3.67. The van der Waals surface area contributed by atoms with Crippen molar-refractivity contribution in [1.29, 1.82) is 0 Å². The fourth-order valence-corrected chi connectivity index (χ4v) is 1.56. The number of anilines is 1. The van der Waals surface area contributed by atoms with E-state index in [1.54, 1.807) is 18.2 Å². The second-order valence-electron chi connectivity index (χ2n) is 3.33. The van der Waals surface area contributed by atoms with Crippen molar-refractivity contribution in [2.24, 2.45) is 0 Å². The zero-order valence-electron chi connectivity index (χ0n) is 9.00. The summed E-state index contributed by atoms with van der Waals surface area (Å²) >= 11 is 5.68. The van der Waals surface area contributed by atoms with E-state index in [4.69, 9.17) is 22.4 Å². The molecule has 3 N–H and O–H groups in total. The first-order chi connectivity index (χ1) is 8.56. The number of carboxylic acid groups (broad SMARTS) is 1. The average Bonchev–Trinajstić information content (AvgIpc) is 2.28. The zero-order valence-corrected chi connectivity index (χ0v) is 9.76. The minimum absolute atomic E-state index is 0.0607. The Balaban J connectivity index is 2.52. The first-order valence-electron chi connectivity index (χ1n) is 4.85. The molecule has 0 fully saturated rings. The molecule has 0 saturated carbocycles. The molecule has 0 aliphatic heterocycles. The van der Waals surface area contributed by atoms with Crippen LogP contribution >= 0.6 is 11.6 Å². The maximum Gasteiger partial charge on any atom is 0.511 e. The highest BCUT2D eigenvalue weighted by Crippen LogP contribution is 2.31. The van der Waals surface area contributed by atoms with Gasteiger partial charge in [-0.1, -0.05) is 0 Å². The largest absolute Gasteiger partial charge is 0.511 e. The number of benzene rings is 1. The van der Waals surface area contributed by atoms with Crippen LogP contribution in [0.25, 0.3) is 11.3 Å². The Labute approximate surface area is 107 Å². The van der Waals surface area contributed by atoms with Crippen LogP contribution in [-0.4, -0.2) is 21.2 Å². The molecule has 0 bridgehead atoms. The third-order valence-corrected chi connectivity index (χ3v) is 2.29. The Morgan fingerprint density at radius 3 is 2.83 bits per heavy atom. The summed E-state index contributed by atoms with van der Waals surface area (Å²) in [4.78, 5) is 18.3. The molecule has 6 nitrogen and oxygen atoms in total. The van der Waals surface area contributed by atoms with Crippen molar-refractivity contribution in [2.75, 3.05) is 5.73 Å². The number of ether oxygens (including phenoxy) is 1. The number of carbonyl (C=O) groups is 1. The van der Waals surface area contributed by atoms with Gasteiger partial charge in [-0.05, 0) is 29.8 Å². The fourth-order valence-electron chi connectivity index (χ4n) is 1.41. The molecule has 92 valence electrons. The van der Waals surface area contributed by atoms with Crippen LogP contribution < -0.4 is 10.5 Å². The van der Waals surface area contributed by atoms with Gasteiger partial charge in [0.05, 0.1) is 5.69 Å². The van der Waals surface area contributed by atoms with Gasteiger partial charge >= 0.3 is 6.16 Å².